The Hall–Kier alpha value is -2.81. The second kappa shape index (κ2) is 4.10. The highest BCUT2D eigenvalue weighted by Gasteiger charge is 2.14. The van der Waals surface area contributed by atoms with E-state index in [1.165, 1.54) is 0 Å². The Morgan fingerprint density at radius 1 is 0.800 bits per heavy atom. The van der Waals surface area contributed by atoms with Crippen molar-refractivity contribution in [3.05, 3.63) is 66.9 Å². The zero-order valence-corrected chi connectivity index (χ0v) is 10.8. The van der Waals surface area contributed by atoms with Gasteiger partial charge in [-0.3, -0.25) is 4.98 Å². The average molecular weight is 259 g/mol. The summed E-state index contributed by atoms with van der Waals surface area (Å²) in [6, 6.07) is 20.3. The Balaban J connectivity index is 2.26. The van der Waals surface area contributed by atoms with Crippen molar-refractivity contribution in [2.75, 3.05) is 5.73 Å². The van der Waals surface area contributed by atoms with Gasteiger partial charge >= 0.3 is 0 Å². The van der Waals surface area contributed by atoms with Crippen LogP contribution >= 0.6 is 0 Å². The van der Waals surface area contributed by atoms with E-state index in [1.807, 2.05) is 42.6 Å². The van der Waals surface area contributed by atoms with Crippen molar-refractivity contribution >= 4 is 27.6 Å². The molecule has 0 radical (unpaired) electrons. The van der Waals surface area contributed by atoms with Crippen molar-refractivity contribution in [3.8, 4) is 5.69 Å². The van der Waals surface area contributed by atoms with Crippen LogP contribution in [0.3, 0.4) is 0 Å². The number of para-hydroxylation sites is 1. The minimum atomic E-state index is 0.765. The lowest BCUT2D eigenvalue weighted by atomic mass is 10.2. The molecular formula is C17H13N3. The first kappa shape index (κ1) is 11.1. The van der Waals surface area contributed by atoms with Crippen molar-refractivity contribution in [2.24, 2.45) is 0 Å². The molecule has 3 nitrogen and oxygen atoms in total. The van der Waals surface area contributed by atoms with Crippen LogP contribution in [0.4, 0.5) is 5.69 Å². The van der Waals surface area contributed by atoms with Crippen LogP contribution in [0.25, 0.3) is 27.6 Å². The van der Waals surface area contributed by atoms with Gasteiger partial charge in [0, 0.05) is 23.0 Å². The third-order valence-corrected chi connectivity index (χ3v) is 3.59. The molecule has 3 heteroatoms. The molecule has 2 N–H and O–H groups in total. The number of hydrogen-bond donors (Lipinski definition) is 1. The molecule has 0 saturated carbocycles. The molecule has 2 aromatic heterocycles. The van der Waals surface area contributed by atoms with Crippen molar-refractivity contribution in [1.29, 1.82) is 0 Å². The van der Waals surface area contributed by atoms with Gasteiger partial charge in [-0.2, -0.15) is 0 Å². The van der Waals surface area contributed by atoms with Crippen LogP contribution in [-0.4, -0.2) is 9.55 Å². The van der Waals surface area contributed by atoms with Crippen LogP contribution in [0.15, 0.2) is 66.9 Å². The topological polar surface area (TPSA) is 43.8 Å². The first-order valence-corrected chi connectivity index (χ1v) is 6.55. The van der Waals surface area contributed by atoms with Crippen molar-refractivity contribution in [2.45, 2.75) is 0 Å². The minimum Gasteiger partial charge on any atom is -0.398 e. The van der Waals surface area contributed by atoms with Crippen LogP contribution in [0, 0.1) is 0 Å². The fraction of sp³-hybridized carbons (Fsp3) is 0. The number of nitrogen functional groups attached to an aromatic ring is 1. The number of rotatable bonds is 1. The number of nitrogens with zero attached hydrogens (tertiary/aromatic N) is 2. The average Bonchev–Trinajstić information content (AvgIpc) is 2.84. The van der Waals surface area contributed by atoms with Crippen LogP contribution in [0.1, 0.15) is 0 Å². The van der Waals surface area contributed by atoms with E-state index < -0.39 is 0 Å². The number of nitrogens with two attached hydrogens (primary N) is 1. The number of pyridine rings is 1. The molecule has 0 aliphatic rings. The van der Waals surface area contributed by atoms with E-state index in [0.717, 1.165) is 33.3 Å². The van der Waals surface area contributed by atoms with Gasteiger partial charge in [-0.25, -0.2) is 0 Å². The molecule has 0 atom stereocenters. The molecule has 4 rings (SSSR count). The first-order chi connectivity index (χ1) is 9.86. The van der Waals surface area contributed by atoms with Gasteiger partial charge in [-0.15, -0.1) is 0 Å². The zero-order chi connectivity index (χ0) is 13.5. The summed E-state index contributed by atoms with van der Waals surface area (Å²) in [5, 5.41) is 1.02. The lowest BCUT2D eigenvalue weighted by Gasteiger charge is -2.06. The monoisotopic (exact) mass is 259 g/mol. The molecule has 2 heterocycles. The third kappa shape index (κ3) is 1.43. The molecular weight excluding hydrogens is 246 g/mol. The summed E-state index contributed by atoms with van der Waals surface area (Å²) in [7, 11) is 0. The van der Waals surface area contributed by atoms with E-state index in [1.54, 1.807) is 0 Å². The highest BCUT2D eigenvalue weighted by atomic mass is 15.0. The SMILES string of the molecule is Nc1cccc2c1c1ncccc1n2-c1ccccc1. The molecule has 20 heavy (non-hydrogen) atoms. The van der Waals surface area contributed by atoms with Crippen molar-refractivity contribution in [1.82, 2.24) is 9.55 Å². The maximum absolute atomic E-state index is 6.16. The Morgan fingerprint density at radius 2 is 1.60 bits per heavy atom. The number of hydrogen-bond acceptors (Lipinski definition) is 2. The van der Waals surface area contributed by atoms with Gasteiger partial charge in [0.25, 0.3) is 0 Å². The normalized spacial score (nSPS) is 11.2. The zero-order valence-electron chi connectivity index (χ0n) is 10.8. The van der Waals surface area contributed by atoms with E-state index in [9.17, 15) is 0 Å². The van der Waals surface area contributed by atoms with Gasteiger partial charge < -0.3 is 10.3 Å². The number of aromatic nitrogens is 2. The first-order valence-electron chi connectivity index (χ1n) is 6.55. The summed E-state index contributed by atoms with van der Waals surface area (Å²) in [6.45, 7) is 0. The summed E-state index contributed by atoms with van der Waals surface area (Å²) < 4.78 is 2.20. The van der Waals surface area contributed by atoms with E-state index in [-0.39, 0.29) is 0 Å². The molecule has 4 aromatic rings. The Kier molecular flexibility index (Phi) is 2.27. The molecule has 96 valence electrons. The number of fused-ring (bicyclic) bond motifs is 3. The predicted molar refractivity (Wildman–Crippen MR) is 83.0 cm³/mol. The maximum Gasteiger partial charge on any atom is 0.0984 e. The molecule has 0 fully saturated rings. The third-order valence-electron chi connectivity index (χ3n) is 3.59. The molecule has 0 unspecified atom stereocenters. The smallest absolute Gasteiger partial charge is 0.0984 e. The maximum atomic E-state index is 6.16. The van der Waals surface area contributed by atoms with Gasteiger partial charge in [0.15, 0.2) is 0 Å². The second-order valence-electron chi connectivity index (χ2n) is 4.78. The highest BCUT2D eigenvalue weighted by Crippen LogP contribution is 2.33. The summed E-state index contributed by atoms with van der Waals surface area (Å²) in [6.07, 6.45) is 1.81. The molecule has 0 aliphatic carbocycles. The van der Waals surface area contributed by atoms with Gasteiger partial charge in [0.2, 0.25) is 0 Å². The minimum absolute atomic E-state index is 0.765. The standard InChI is InChI=1S/C17H13N3/c18-13-8-4-9-14-16(13)17-15(10-5-11-19-17)20(14)12-6-2-1-3-7-12/h1-11H,18H2. The summed E-state index contributed by atoms with van der Waals surface area (Å²) in [5.41, 5.74) is 11.2. The van der Waals surface area contributed by atoms with Gasteiger partial charge in [0.05, 0.1) is 16.6 Å². The van der Waals surface area contributed by atoms with Crippen LogP contribution in [0.2, 0.25) is 0 Å². The van der Waals surface area contributed by atoms with E-state index >= 15 is 0 Å². The largest absolute Gasteiger partial charge is 0.398 e. The molecule has 0 saturated heterocycles. The lowest BCUT2D eigenvalue weighted by molar-refractivity contribution is 1.18. The number of benzene rings is 2. The van der Waals surface area contributed by atoms with Crippen LogP contribution in [-0.2, 0) is 0 Å². The molecule has 0 aliphatic heterocycles. The van der Waals surface area contributed by atoms with Crippen LogP contribution < -0.4 is 5.73 Å². The Morgan fingerprint density at radius 3 is 2.45 bits per heavy atom. The van der Waals surface area contributed by atoms with E-state index in [4.69, 9.17) is 5.73 Å². The Bertz CT molecular complexity index is 907. The fourth-order valence-corrected chi connectivity index (χ4v) is 2.76. The van der Waals surface area contributed by atoms with E-state index in [2.05, 4.69) is 33.8 Å². The van der Waals surface area contributed by atoms with E-state index in [0.29, 0.717) is 0 Å². The van der Waals surface area contributed by atoms with Crippen molar-refractivity contribution in [3.63, 3.8) is 0 Å². The quantitative estimate of drug-likeness (QED) is 0.529. The summed E-state index contributed by atoms with van der Waals surface area (Å²) in [5.74, 6) is 0. The number of anilines is 1. The van der Waals surface area contributed by atoms with Crippen LogP contribution in [0.5, 0.6) is 0 Å². The Labute approximate surface area is 116 Å². The fourth-order valence-electron chi connectivity index (χ4n) is 2.76. The highest BCUT2D eigenvalue weighted by molar-refractivity contribution is 6.12. The molecule has 0 bridgehead atoms. The van der Waals surface area contributed by atoms with Crippen molar-refractivity contribution < 1.29 is 0 Å². The predicted octanol–water partition coefficient (Wildman–Crippen LogP) is 3.76. The lowest BCUT2D eigenvalue weighted by Crippen LogP contribution is -1.93. The molecule has 0 spiro atoms. The van der Waals surface area contributed by atoms with Gasteiger partial charge in [-0.1, -0.05) is 24.3 Å². The molecule has 2 aromatic carbocycles. The summed E-state index contributed by atoms with van der Waals surface area (Å²) in [4.78, 5) is 4.52. The summed E-state index contributed by atoms with van der Waals surface area (Å²) >= 11 is 0. The van der Waals surface area contributed by atoms with Gasteiger partial charge in [0.1, 0.15) is 0 Å². The second-order valence-corrected chi connectivity index (χ2v) is 4.78. The molecule has 0 amide bonds. The van der Waals surface area contributed by atoms with Gasteiger partial charge in [-0.05, 0) is 36.4 Å².